The lowest BCUT2D eigenvalue weighted by molar-refractivity contribution is 0.157. The summed E-state index contributed by atoms with van der Waals surface area (Å²) in [5.41, 5.74) is 3.55. The van der Waals surface area contributed by atoms with Crippen molar-refractivity contribution in [3.8, 4) is 0 Å². The number of H-pyrrole nitrogens is 1. The van der Waals surface area contributed by atoms with Gasteiger partial charge in [-0.25, -0.2) is 0 Å². The van der Waals surface area contributed by atoms with Crippen molar-refractivity contribution in [3.05, 3.63) is 17.0 Å². The summed E-state index contributed by atoms with van der Waals surface area (Å²) in [5.74, 6) is 0.812. The lowest BCUT2D eigenvalue weighted by atomic mass is 10.1. The number of hydrogen-bond acceptors (Lipinski definition) is 3. The van der Waals surface area contributed by atoms with E-state index in [9.17, 15) is 0 Å². The van der Waals surface area contributed by atoms with Crippen LogP contribution in [0.15, 0.2) is 0 Å². The molecular formula is C12H21N3O. The van der Waals surface area contributed by atoms with Crippen LogP contribution in [0.4, 0.5) is 0 Å². The van der Waals surface area contributed by atoms with Crippen LogP contribution in [0.3, 0.4) is 0 Å². The minimum absolute atomic E-state index is 0.499. The second-order valence-electron chi connectivity index (χ2n) is 4.69. The number of hydrogen-bond donors (Lipinski definition) is 2. The summed E-state index contributed by atoms with van der Waals surface area (Å²) in [6, 6.07) is 0.499. The molecule has 1 aliphatic carbocycles. The number of aromatic amines is 1. The highest BCUT2D eigenvalue weighted by Gasteiger charge is 2.30. The van der Waals surface area contributed by atoms with Crippen molar-refractivity contribution in [2.45, 2.75) is 39.3 Å². The monoisotopic (exact) mass is 223 g/mol. The predicted molar refractivity (Wildman–Crippen MR) is 63.3 cm³/mol. The summed E-state index contributed by atoms with van der Waals surface area (Å²) >= 11 is 0. The number of rotatable bonds is 6. The van der Waals surface area contributed by atoms with E-state index >= 15 is 0 Å². The molecule has 0 spiro atoms. The Morgan fingerprint density at radius 1 is 1.50 bits per heavy atom. The Bertz CT molecular complexity index is 325. The molecule has 1 fully saturated rings. The quantitative estimate of drug-likeness (QED) is 0.769. The van der Waals surface area contributed by atoms with Crippen molar-refractivity contribution in [1.29, 1.82) is 0 Å². The fourth-order valence-electron chi connectivity index (χ4n) is 2.11. The van der Waals surface area contributed by atoms with Crippen LogP contribution >= 0.6 is 0 Å². The highest BCUT2D eigenvalue weighted by molar-refractivity contribution is 5.22. The first-order valence-corrected chi connectivity index (χ1v) is 5.95. The topological polar surface area (TPSA) is 49.9 Å². The van der Waals surface area contributed by atoms with Crippen molar-refractivity contribution in [3.63, 3.8) is 0 Å². The second kappa shape index (κ2) is 4.97. The van der Waals surface area contributed by atoms with Crippen molar-refractivity contribution >= 4 is 0 Å². The molecule has 0 radical (unpaired) electrons. The van der Waals surface area contributed by atoms with Gasteiger partial charge in [0.2, 0.25) is 0 Å². The Labute approximate surface area is 96.8 Å². The highest BCUT2D eigenvalue weighted by Crippen LogP contribution is 2.32. The molecule has 2 rings (SSSR count). The van der Waals surface area contributed by atoms with E-state index in [2.05, 4.69) is 22.4 Å². The van der Waals surface area contributed by atoms with Gasteiger partial charge >= 0.3 is 0 Å². The molecule has 1 aromatic heterocycles. The average molecular weight is 223 g/mol. The van der Waals surface area contributed by atoms with Crippen LogP contribution in [0.5, 0.6) is 0 Å². The number of nitrogens with zero attached hydrogens (tertiary/aromatic N) is 1. The van der Waals surface area contributed by atoms with Crippen LogP contribution in [-0.2, 0) is 11.3 Å². The largest absolute Gasteiger partial charge is 0.383 e. The fourth-order valence-corrected chi connectivity index (χ4v) is 2.11. The van der Waals surface area contributed by atoms with E-state index in [-0.39, 0.29) is 0 Å². The van der Waals surface area contributed by atoms with Crippen molar-refractivity contribution in [2.75, 3.05) is 13.7 Å². The van der Waals surface area contributed by atoms with E-state index in [1.807, 2.05) is 6.92 Å². The fraction of sp³-hybridized carbons (Fsp3) is 0.750. The number of aryl methyl sites for hydroxylation is 2. The number of ether oxygens (including phenoxy) is 1. The molecule has 4 heteroatoms. The Morgan fingerprint density at radius 3 is 2.75 bits per heavy atom. The van der Waals surface area contributed by atoms with Gasteiger partial charge in [0.15, 0.2) is 0 Å². The number of aromatic nitrogens is 2. The summed E-state index contributed by atoms with van der Waals surface area (Å²) in [5, 5.41) is 10.8. The minimum atomic E-state index is 0.499. The average Bonchev–Trinajstić information content (AvgIpc) is 3.04. The van der Waals surface area contributed by atoms with Crippen LogP contribution in [0.1, 0.15) is 29.8 Å². The zero-order valence-electron chi connectivity index (χ0n) is 10.3. The summed E-state index contributed by atoms with van der Waals surface area (Å²) in [4.78, 5) is 0. The van der Waals surface area contributed by atoms with Gasteiger partial charge in [-0.15, -0.1) is 0 Å². The predicted octanol–water partition coefficient (Wildman–Crippen LogP) is 1.54. The molecule has 0 aliphatic heterocycles. The second-order valence-corrected chi connectivity index (χ2v) is 4.69. The van der Waals surface area contributed by atoms with Crippen LogP contribution in [0, 0.1) is 19.8 Å². The molecule has 4 nitrogen and oxygen atoms in total. The third kappa shape index (κ3) is 2.62. The Kier molecular flexibility index (Phi) is 3.61. The zero-order valence-corrected chi connectivity index (χ0v) is 10.3. The first kappa shape index (κ1) is 11.6. The summed E-state index contributed by atoms with van der Waals surface area (Å²) in [7, 11) is 1.77. The molecule has 0 aromatic carbocycles. The van der Waals surface area contributed by atoms with Gasteiger partial charge in [-0.2, -0.15) is 5.10 Å². The van der Waals surface area contributed by atoms with Gasteiger partial charge in [-0.1, -0.05) is 0 Å². The van der Waals surface area contributed by atoms with Gasteiger partial charge in [-0.3, -0.25) is 5.10 Å². The molecule has 1 saturated carbocycles. The Morgan fingerprint density at radius 2 is 2.25 bits per heavy atom. The molecule has 2 N–H and O–H groups in total. The molecule has 90 valence electrons. The van der Waals surface area contributed by atoms with E-state index in [1.54, 1.807) is 7.11 Å². The molecule has 0 saturated heterocycles. The van der Waals surface area contributed by atoms with Crippen molar-refractivity contribution in [2.24, 2.45) is 5.92 Å². The summed E-state index contributed by atoms with van der Waals surface area (Å²) < 4.78 is 5.25. The highest BCUT2D eigenvalue weighted by atomic mass is 16.5. The van der Waals surface area contributed by atoms with Crippen LogP contribution < -0.4 is 5.32 Å². The summed E-state index contributed by atoms with van der Waals surface area (Å²) in [6.45, 7) is 5.81. The molecule has 0 bridgehead atoms. The molecule has 0 amide bonds. The van der Waals surface area contributed by atoms with E-state index in [0.717, 1.165) is 30.5 Å². The zero-order chi connectivity index (χ0) is 11.5. The third-order valence-electron chi connectivity index (χ3n) is 3.36. The number of methoxy groups -OCH3 is 1. The van der Waals surface area contributed by atoms with E-state index in [0.29, 0.717) is 6.04 Å². The van der Waals surface area contributed by atoms with Gasteiger partial charge in [0, 0.05) is 31.0 Å². The lowest BCUT2D eigenvalue weighted by Gasteiger charge is -2.17. The van der Waals surface area contributed by atoms with Crippen LogP contribution in [0.25, 0.3) is 0 Å². The van der Waals surface area contributed by atoms with Crippen LogP contribution in [0.2, 0.25) is 0 Å². The van der Waals surface area contributed by atoms with Gasteiger partial charge in [0.25, 0.3) is 0 Å². The molecule has 1 aromatic rings. The molecule has 16 heavy (non-hydrogen) atoms. The molecule has 1 atom stereocenters. The maximum absolute atomic E-state index is 5.25. The Hall–Kier alpha value is -0.870. The van der Waals surface area contributed by atoms with Crippen LogP contribution in [-0.4, -0.2) is 30.0 Å². The lowest BCUT2D eigenvalue weighted by Crippen LogP contribution is -2.34. The van der Waals surface area contributed by atoms with Gasteiger partial charge in [0.1, 0.15) is 0 Å². The van der Waals surface area contributed by atoms with E-state index in [1.165, 1.54) is 18.4 Å². The molecule has 1 unspecified atom stereocenters. The standard InChI is InChI=1S/C12H21N3O/c1-8-11(9(2)15-14-8)6-13-12(7-16-3)10-4-5-10/h10,12-13H,4-7H2,1-3H3,(H,14,15). The number of nitrogens with one attached hydrogen (secondary N) is 2. The van der Waals surface area contributed by atoms with Gasteiger partial charge in [-0.05, 0) is 32.6 Å². The first-order chi connectivity index (χ1) is 7.72. The first-order valence-electron chi connectivity index (χ1n) is 5.95. The minimum Gasteiger partial charge on any atom is -0.383 e. The molecular weight excluding hydrogens is 202 g/mol. The smallest absolute Gasteiger partial charge is 0.0638 e. The van der Waals surface area contributed by atoms with Gasteiger partial charge in [0.05, 0.1) is 12.3 Å². The third-order valence-corrected chi connectivity index (χ3v) is 3.36. The van der Waals surface area contributed by atoms with Crippen molar-refractivity contribution < 1.29 is 4.74 Å². The molecule has 1 heterocycles. The van der Waals surface area contributed by atoms with E-state index in [4.69, 9.17) is 4.74 Å². The normalized spacial score (nSPS) is 17.7. The maximum atomic E-state index is 5.25. The van der Waals surface area contributed by atoms with Gasteiger partial charge < -0.3 is 10.1 Å². The Balaban J connectivity index is 1.89. The van der Waals surface area contributed by atoms with Crippen molar-refractivity contribution in [1.82, 2.24) is 15.5 Å². The maximum Gasteiger partial charge on any atom is 0.0638 e. The SMILES string of the molecule is COCC(NCc1c(C)n[nH]c1C)C1CC1. The molecule has 1 aliphatic rings. The van der Waals surface area contributed by atoms with E-state index < -0.39 is 0 Å². The summed E-state index contributed by atoms with van der Waals surface area (Å²) in [6.07, 6.45) is 2.68.